The average molecular weight is 275 g/mol. The Morgan fingerprint density at radius 1 is 1.47 bits per heavy atom. The molecule has 1 aromatic rings. The molecule has 1 amide bonds. The molecule has 0 unspecified atom stereocenters. The maximum Gasteiger partial charge on any atom is 0.241 e. The summed E-state index contributed by atoms with van der Waals surface area (Å²) in [5, 5.41) is 3.54. The van der Waals surface area contributed by atoms with Crippen LogP contribution in [0, 0.1) is 6.92 Å². The molecule has 1 atom stereocenters. The van der Waals surface area contributed by atoms with Gasteiger partial charge in [-0.05, 0) is 25.0 Å². The van der Waals surface area contributed by atoms with Gasteiger partial charge in [-0.15, -0.1) is 0 Å². The van der Waals surface area contributed by atoms with Crippen LogP contribution in [0.25, 0.3) is 0 Å². The van der Waals surface area contributed by atoms with E-state index < -0.39 is 6.04 Å². The zero-order valence-corrected chi connectivity index (χ0v) is 11.4. The summed E-state index contributed by atoms with van der Waals surface area (Å²) in [6, 6.07) is 2.96. The van der Waals surface area contributed by atoms with Crippen molar-refractivity contribution >= 4 is 34.8 Å². The molecule has 0 heterocycles. The summed E-state index contributed by atoms with van der Waals surface area (Å²) in [4.78, 5) is 11.8. The lowest BCUT2D eigenvalue weighted by atomic mass is 10.1. The first-order valence-electron chi connectivity index (χ1n) is 5.48. The highest BCUT2D eigenvalue weighted by atomic mass is 35.5. The monoisotopic (exact) mass is 274 g/mol. The topological polar surface area (TPSA) is 55.1 Å². The fourth-order valence-corrected chi connectivity index (χ4v) is 1.89. The summed E-state index contributed by atoms with van der Waals surface area (Å²) in [5.74, 6) is -0.263. The molecule has 0 spiro atoms. The number of rotatable bonds is 4. The summed E-state index contributed by atoms with van der Waals surface area (Å²) in [5.41, 5.74) is 7.01. The molecule has 0 bridgehead atoms. The van der Waals surface area contributed by atoms with Crippen LogP contribution in [0.3, 0.4) is 0 Å². The van der Waals surface area contributed by atoms with Gasteiger partial charge in [-0.1, -0.05) is 42.6 Å². The van der Waals surface area contributed by atoms with Crippen molar-refractivity contribution in [1.29, 1.82) is 0 Å². The zero-order chi connectivity index (χ0) is 13.0. The van der Waals surface area contributed by atoms with E-state index >= 15 is 0 Å². The Hall–Kier alpha value is -0.770. The number of benzene rings is 1. The molecule has 3 N–H and O–H groups in total. The third-order valence-corrected chi connectivity index (χ3v) is 3.27. The highest BCUT2D eigenvalue weighted by molar-refractivity contribution is 6.40. The Bertz CT molecular complexity index is 421. The molecule has 0 saturated carbocycles. The Morgan fingerprint density at radius 2 is 2.12 bits per heavy atom. The van der Waals surface area contributed by atoms with E-state index in [1.54, 1.807) is 12.1 Å². The van der Waals surface area contributed by atoms with E-state index in [9.17, 15) is 4.79 Å². The lowest BCUT2D eigenvalue weighted by Crippen LogP contribution is -2.35. The number of aryl methyl sites for hydroxylation is 1. The van der Waals surface area contributed by atoms with Crippen LogP contribution < -0.4 is 11.1 Å². The maximum absolute atomic E-state index is 11.8. The molecule has 0 radical (unpaired) electrons. The average Bonchev–Trinajstić information content (AvgIpc) is 2.29. The van der Waals surface area contributed by atoms with Gasteiger partial charge in [-0.25, -0.2) is 0 Å². The van der Waals surface area contributed by atoms with Gasteiger partial charge in [0, 0.05) is 0 Å². The number of nitrogens with one attached hydrogen (secondary N) is 1. The van der Waals surface area contributed by atoms with Crippen molar-refractivity contribution in [1.82, 2.24) is 0 Å². The quantitative estimate of drug-likeness (QED) is 0.885. The lowest BCUT2D eigenvalue weighted by molar-refractivity contribution is -0.117. The van der Waals surface area contributed by atoms with Crippen LogP contribution in [0.2, 0.25) is 10.0 Å². The Labute approximate surface area is 111 Å². The molecule has 0 aromatic heterocycles. The number of halogens is 2. The number of carbonyl (C=O) groups is 1. The number of carbonyl (C=O) groups excluding carboxylic acids is 1. The number of amides is 1. The predicted octanol–water partition coefficient (Wildman–Crippen LogP) is 3.37. The molecule has 1 aromatic carbocycles. The molecular formula is C12H16Cl2N2O. The van der Waals surface area contributed by atoms with Crippen molar-refractivity contribution in [2.24, 2.45) is 5.73 Å². The van der Waals surface area contributed by atoms with E-state index in [1.165, 1.54) is 0 Å². The first-order chi connectivity index (χ1) is 7.97. The van der Waals surface area contributed by atoms with Crippen LogP contribution in [0.15, 0.2) is 12.1 Å². The molecule has 5 heteroatoms. The van der Waals surface area contributed by atoms with Gasteiger partial charge in [-0.3, -0.25) is 4.79 Å². The largest absolute Gasteiger partial charge is 0.322 e. The number of hydrogen-bond donors (Lipinski definition) is 2. The maximum atomic E-state index is 11.8. The SMILES string of the molecule is CCC[C@@H](N)C(=O)Nc1c(Cl)ccc(C)c1Cl. The summed E-state index contributed by atoms with van der Waals surface area (Å²) >= 11 is 12.1. The second-order valence-electron chi connectivity index (χ2n) is 3.94. The number of nitrogens with two attached hydrogens (primary N) is 1. The summed E-state index contributed by atoms with van der Waals surface area (Å²) in [6.45, 7) is 3.82. The molecule has 1 rings (SSSR count). The summed E-state index contributed by atoms with van der Waals surface area (Å²) in [7, 11) is 0. The predicted molar refractivity (Wildman–Crippen MR) is 72.7 cm³/mol. The van der Waals surface area contributed by atoms with Crippen LogP contribution in [0.5, 0.6) is 0 Å². The van der Waals surface area contributed by atoms with E-state index in [2.05, 4.69) is 5.32 Å². The fraction of sp³-hybridized carbons (Fsp3) is 0.417. The lowest BCUT2D eigenvalue weighted by Gasteiger charge is -2.14. The first kappa shape index (κ1) is 14.3. The van der Waals surface area contributed by atoms with Gasteiger partial charge < -0.3 is 11.1 Å². The van der Waals surface area contributed by atoms with Crippen LogP contribution in [0.1, 0.15) is 25.3 Å². The summed E-state index contributed by atoms with van der Waals surface area (Å²) in [6.07, 6.45) is 1.48. The van der Waals surface area contributed by atoms with Crippen molar-refractivity contribution in [3.63, 3.8) is 0 Å². The van der Waals surface area contributed by atoms with Gasteiger partial charge in [0.15, 0.2) is 0 Å². The van der Waals surface area contributed by atoms with Gasteiger partial charge in [0.1, 0.15) is 0 Å². The molecule has 94 valence electrons. The van der Waals surface area contributed by atoms with Crippen molar-refractivity contribution < 1.29 is 4.79 Å². The van der Waals surface area contributed by atoms with Gasteiger partial charge in [0.2, 0.25) is 5.91 Å². The number of anilines is 1. The van der Waals surface area contributed by atoms with E-state index in [1.807, 2.05) is 13.8 Å². The zero-order valence-electron chi connectivity index (χ0n) is 9.89. The highest BCUT2D eigenvalue weighted by Crippen LogP contribution is 2.32. The molecule has 0 aliphatic carbocycles. The van der Waals surface area contributed by atoms with Gasteiger partial charge in [-0.2, -0.15) is 0 Å². The number of hydrogen-bond acceptors (Lipinski definition) is 2. The van der Waals surface area contributed by atoms with E-state index in [-0.39, 0.29) is 5.91 Å². The first-order valence-corrected chi connectivity index (χ1v) is 6.24. The smallest absolute Gasteiger partial charge is 0.241 e. The van der Waals surface area contributed by atoms with Gasteiger partial charge >= 0.3 is 0 Å². The van der Waals surface area contributed by atoms with Crippen LogP contribution in [-0.4, -0.2) is 11.9 Å². The van der Waals surface area contributed by atoms with Crippen molar-refractivity contribution in [2.45, 2.75) is 32.7 Å². The standard InChI is InChI=1S/C12H16Cl2N2O/c1-3-4-9(15)12(17)16-11-8(13)6-5-7(2)10(11)14/h5-6,9H,3-4,15H2,1-2H3,(H,16,17)/t9-/m1/s1. The van der Waals surface area contributed by atoms with Gasteiger partial charge in [0.25, 0.3) is 0 Å². The molecule has 0 saturated heterocycles. The minimum absolute atomic E-state index is 0.263. The van der Waals surface area contributed by atoms with E-state index in [0.717, 1.165) is 12.0 Å². The Kier molecular flexibility index (Phi) is 5.25. The van der Waals surface area contributed by atoms with Crippen LogP contribution >= 0.6 is 23.2 Å². The second-order valence-corrected chi connectivity index (χ2v) is 4.72. The van der Waals surface area contributed by atoms with Crippen LogP contribution in [-0.2, 0) is 4.79 Å². The third kappa shape index (κ3) is 3.60. The van der Waals surface area contributed by atoms with Crippen LogP contribution in [0.4, 0.5) is 5.69 Å². The minimum atomic E-state index is -0.535. The van der Waals surface area contributed by atoms with Crippen molar-refractivity contribution in [2.75, 3.05) is 5.32 Å². The molecule has 0 aliphatic rings. The summed E-state index contributed by atoms with van der Waals surface area (Å²) < 4.78 is 0. The highest BCUT2D eigenvalue weighted by Gasteiger charge is 2.16. The third-order valence-electron chi connectivity index (χ3n) is 2.47. The van der Waals surface area contributed by atoms with E-state index in [0.29, 0.717) is 22.2 Å². The molecule has 3 nitrogen and oxygen atoms in total. The molecule has 0 aliphatic heterocycles. The molecular weight excluding hydrogens is 259 g/mol. The normalized spacial score (nSPS) is 12.3. The molecule has 0 fully saturated rings. The van der Waals surface area contributed by atoms with Gasteiger partial charge in [0.05, 0.1) is 21.8 Å². The molecule has 17 heavy (non-hydrogen) atoms. The van der Waals surface area contributed by atoms with E-state index in [4.69, 9.17) is 28.9 Å². The van der Waals surface area contributed by atoms with Crippen molar-refractivity contribution in [3.8, 4) is 0 Å². The minimum Gasteiger partial charge on any atom is -0.322 e. The second kappa shape index (κ2) is 6.24. The Balaban J connectivity index is 2.88. The fourth-order valence-electron chi connectivity index (χ4n) is 1.43. The Morgan fingerprint density at radius 3 is 2.71 bits per heavy atom. The van der Waals surface area contributed by atoms with Crippen molar-refractivity contribution in [3.05, 3.63) is 27.7 Å².